The van der Waals surface area contributed by atoms with E-state index in [2.05, 4.69) is 4.99 Å². The minimum atomic E-state index is -3.61. The molecule has 0 atom stereocenters. The predicted molar refractivity (Wildman–Crippen MR) is 146 cm³/mol. The monoisotopic (exact) mass is 584 g/mol. The lowest BCUT2D eigenvalue weighted by Crippen LogP contribution is -2.24. The van der Waals surface area contributed by atoms with Crippen molar-refractivity contribution in [1.29, 1.82) is 0 Å². The molecule has 14 heteroatoms. The Hall–Kier alpha value is -3.43. The maximum Gasteiger partial charge on any atom is 0.275 e. The van der Waals surface area contributed by atoms with E-state index < -0.39 is 39.1 Å². The van der Waals surface area contributed by atoms with Crippen molar-refractivity contribution in [3.63, 3.8) is 0 Å². The number of amides is 1. The lowest BCUT2D eigenvalue weighted by molar-refractivity contribution is -0.114. The van der Waals surface area contributed by atoms with Gasteiger partial charge in [-0.1, -0.05) is 0 Å². The van der Waals surface area contributed by atoms with Crippen molar-refractivity contribution in [2.75, 3.05) is 51.9 Å². The van der Waals surface area contributed by atoms with Gasteiger partial charge >= 0.3 is 0 Å². The molecule has 0 saturated heterocycles. The van der Waals surface area contributed by atoms with Crippen LogP contribution in [0.25, 0.3) is 6.08 Å². The second kappa shape index (κ2) is 16.6. The van der Waals surface area contributed by atoms with Crippen LogP contribution in [-0.4, -0.2) is 72.2 Å². The Morgan fingerprint density at radius 1 is 0.925 bits per heavy atom. The highest BCUT2D eigenvalue weighted by Gasteiger charge is 2.17. The summed E-state index contributed by atoms with van der Waals surface area (Å²) in [6.45, 7) is 4.09. The summed E-state index contributed by atoms with van der Waals surface area (Å²) in [6, 6.07) is 7.10. The van der Waals surface area contributed by atoms with Crippen molar-refractivity contribution in [1.82, 2.24) is 0 Å². The predicted octanol–water partition coefficient (Wildman–Crippen LogP) is 2.13. The van der Waals surface area contributed by atoms with E-state index in [4.69, 9.17) is 36.1 Å². The van der Waals surface area contributed by atoms with E-state index >= 15 is 0 Å². The Bertz CT molecular complexity index is 1260. The lowest BCUT2D eigenvalue weighted by atomic mass is 10.1. The van der Waals surface area contributed by atoms with E-state index in [-0.39, 0.29) is 40.6 Å². The van der Waals surface area contributed by atoms with Gasteiger partial charge in [-0.3, -0.25) is 4.79 Å². The molecule has 0 unspecified atom stereocenters. The van der Waals surface area contributed by atoms with E-state index in [1.54, 1.807) is 0 Å². The SMILES string of the molecule is C/C(=C\c1cc(F)c(Oc2ccc(S(=O)(=O)CCCOCCOCCOCCN)cc2)c(F)c1)C(=O)N=C(N)N. The summed E-state index contributed by atoms with van der Waals surface area (Å²) >= 11 is 0. The van der Waals surface area contributed by atoms with Gasteiger partial charge in [0.05, 0.1) is 43.7 Å². The quantitative estimate of drug-likeness (QED) is 0.108. The van der Waals surface area contributed by atoms with Gasteiger partial charge in [0.25, 0.3) is 5.91 Å². The highest BCUT2D eigenvalue weighted by atomic mass is 32.2. The number of guanidine groups is 1. The fourth-order valence-corrected chi connectivity index (χ4v) is 4.49. The molecule has 0 aromatic heterocycles. The average molecular weight is 585 g/mol. The largest absolute Gasteiger partial charge is 0.451 e. The third-order valence-corrected chi connectivity index (χ3v) is 6.90. The molecule has 11 nitrogen and oxygen atoms in total. The Kier molecular flexibility index (Phi) is 13.6. The summed E-state index contributed by atoms with van der Waals surface area (Å²) in [5.41, 5.74) is 15.7. The van der Waals surface area contributed by atoms with Crippen LogP contribution in [0.2, 0.25) is 0 Å². The number of hydrogen-bond acceptors (Lipinski definition) is 8. The van der Waals surface area contributed by atoms with Gasteiger partial charge in [-0.2, -0.15) is 4.99 Å². The Labute approximate surface area is 231 Å². The van der Waals surface area contributed by atoms with Crippen LogP contribution in [0.15, 0.2) is 51.9 Å². The van der Waals surface area contributed by atoms with Gasteiger partial charge in [0.1, 0.15) is 5.75 Å². The van der Waals surface area contributed by atoms with Gasteiger partial charge in [0, 0.05) is 18.7 Å². The maximum absolute atomic E-state index is 14.6. The molecule has 40 heavy (non-hydrogen) atoms. The standard InChI is InChI=1S/C26H34F2N4O7S/c1-18(25(33)32-26(30)31)15-19-16-22(27)24(23(28)17-19)39-20-3-5-21(6-4-20)40(34,35)14-2-8-36-10-12-38-13-11-37-9-7-29/h3-6,15-17H,2,7-14,29H2,1H3,(H4,30,31,32,33)/b18-15+. The van der Waals surface area contributed by atoms with Crippen LogP contribution in [0, 0.1) is 11.6 Å². The molecule has 2 aromatic rings. The van der Waals surface area contributed by atoms with Crippen LogP contribution < -0.4 is 21.9 Å². The summed E-state index contributed by atoms with van der Waals surface area (Å²) in [6.07, 6.45) is 1.49. The number of rotatable bonds is 17. The van der Waals surface area contributed by atoms with Crippen molar-refractivity contribution < 1.29 is 40.9 Å². The van der Waals surface area contributed by atoms with Gasteiger partial charge in [-0.15, -0.1) is 0 Å². The third-order valence-electron chi connectivity index (χ3n) is 5.08. The molecule has 2 aromatic carbocycles. The molecular weight excluding hydrogens is 550 g/mol. The fraction of sp³-hybridized carbons (Fsp3) is 0.385. The second-order valence-corrected chi connectivity index (χ2v) is 10.5. The van der Waals surface area contributed by atoms with Crippen LogP contribution in [-0.2, 0) is 28.8 Å². The molecule has 0 bridgehead atoms. The van der Waals surface area contributed by atoms with E-state index in [9.17, 15) is 22.0 Å². The smallest absolute Gasteiger partial charge is 0.275 e. The van der Waals surface area contributed by atoms with E-state index in [1.807, 2.05) is 0 Å². The van der Waals surface area contributed by atoms with E-state index in [0.29, 0.717) is 39.6 Å². The van der Waals surface area contributed by atoms with Gasteiger partial charge in [-0.25, -0.2) is 17.2 Å². The number of benzene rings is 2. The molecular formula is C26H34F2N4O7S. The number of hydrogen-bond donors (Lipinski definition) is 3. The maximum atomic E-state index is 14.6. The van der Waals surface area contributed by atoms with Crippen molar-refractivity contribution in [3.8, 4) is 11.5 Å². The first-order valence-corrected chi connectivity index (χ1v) is 13.9. The van der Waals surface area contributed by atoms with Gasteiger partial charge < -0.3 is 36.1 Å². The molecule has 0 heterocycles. The summed E-state index contributed by atoms with van der Waals surface area (Å²) in [4.78, 5) is 15.2. The number of nitrogens with two attached hydrogens (primary N) is 3. The van der Waals surface area contributed by atoms with Crippen molar-refractivity contribution in [2.45, 2.75) is 18.2 Å². The average Bonchev–Trinajstić information content (AvgIpc) is 2.89. The van der Waals surface area contributed by atoms with Crippen LogP contribution in [0.5, 0.6) is 11.5 Å². The zero-order valence-corrected chi connectivity index (χ0v) is 22.9. The number of sulfone groups is 1. The summed E-state index contributed by atoms with van der Waals surface area (Å²) in [5, 5.41) is 0. The molecule has 220 valence electrons. The minimum absolute atomic E-state index is 0.0240. The Morgan fingerprint density at radius 3 is 2.02 bits per heavy atom. The number of halogens is 2. The van der Waals surface area contributed by atoms with Crippen LogP contribution in [0.3, 0.4) is 0 Å². The molecule has 6 N–H and O–H groups in total. The normalized spacial score (nSPS) is 11.8. The number of nitrogens with zero attached hydrogens (tertiary/aromatic N) is 1. The Morgan fingerprint density at radius 2 is 1.48 bits per heavy atom. The molecule has 0 aliphatic rings. The van der Waals surface area contributed by atoms with Crippen LogP contribution in [0.4, 0.5) is 8.78 Å². The first-order chi connectivity index (χ1) is 19.0. The minimum Gasteiger partial charge on any atom is -0.451 e. The van der Waals surface area contributed by atoms with Crippen molar-refractivity contribution in [2.24, 2.45) is 22.2 Å². The van der Waals surface area contributed by atoms with Crippen LogP contribution in [0.1, 0.15) is 18.9 Å². The number of carbonyl (C=O) groups excluding carboxylic acids is 1. The summed E-state index contributed by atoms with van der Waals surface area (Å²) in [5.74, 6) is -4.07. The highest BCUT2D eigenvalue weighted by Crippen LogP contribution is 2.30. The molecule has 0 aliphatic heterocycles. The Balaban J connectivity index is 1.88. The second-order valence-electron chi connectivity index (χ2n) is 8.35. The van der Waals surface area contributed by atoms with E-state index in [0.717, 1.165) is 12.1 Å². The molecule has 0 spiro atoms. The van der Waals surface area contributed by atoms with Crippen molar-refractivity contribution >= 4 is 27.8 Å². The molecule has 1 amide bonds. The number of carbonyl (C=O) groups is 1. The first-order valence-electron chi connectivity index (χ1n) is 12.3. The number of aliphatic imine (C=N–C) groups is 1. The fourth-order valence-electron chi connectivity index (χ4n) is 3.20. The van der Waals surface area contributed by atoms with Crippen LogP contribution >= 0.6 is 0 Å². The van der Waals surface area contributed by atoms with Gasteiger partial charge in [-0.05, 0) is 61.4 Å². The first kappa shape index (κ1) is 32.8. The molecule has 0 radical (unpaired) electrons. The third kappa shape index (κ3) is 11.4. The summed E-state index contributed by atoms with van der Waals surface area (Å²) < 4.78 is 75.5. The molecule has 2 rings (SSSR count). The molecule has 0 saturated carbocycles. The number of ether oxygens (including phenoxy) is 4. The lowest BCUT2D eigenvalue weighted by Gasteiger charge is -2.10. The zero-order chi connectivity index (χ0) is 29.5. The molecule has 0 fully saturated rings. The van der Waals surface area contributed by atoms with Gasteiger partial charge in [0.2, 0.25) is 0 Å². The molecule has 0 aliphatic carbocycles. The topological polar surface area (TPSA) is 179 Å². The summed E-state index contributed by atoms with van der Waals surface area (Å²) in [7, 11) is -3.61. The zero-order valence-electron chi connectivity index (χ0n) is 22.1. The van der Waals surface area contributed by atoms with Crippen molar-refractivity contribution in [3.05, 3.63) is 59.2 Å². The highest BCUT2D eigenvalue weighted by molar-refractivity contribution is 7.91. The van der Waals surface area contributed by atoms with Gasteiger partial charge in [0.15, 0.2) is 33.2 Å². The van der Waals surface area contributed by atoms with E-state index in [1.165, 1.54) is 37.3 Å².